The van der Waals surface area contributed by atoms with Crippen molar-refractivity contribution in [1.29, 1.82) is 5.41 Å². The Balaban J connectivity index is 1.51. The van der Waals surface area contributed by atoms with Gasteiger partial charge in [-0.2, -0.15) is 0 Å². The molecular formula is C25H29FN4O3. The number of carbonyl (C=O) groups excluding carboxylic acids is 2. The number of halogens is 1. The van der Waals surface area contributed by atoms with Gasteiger partial charge in [0, 0.05) is 17.5 Å². The molecule has 2 aliphatic rings. The molecule has 0 bridgehead atoms. The summed E-state index contributed by atoms with van der Waals surface area (Å²) in [5.41, 5.74) is 1.80. The van der Waals surface area contributed by atoms with E-state index in [0.717, 1.165) is 17.2 Å². The van der Waals surface area contributed by atoms with E-state index >= 15 is 0 Å². The van der Waals surface area contributed by atoms with E-state index < -0.39 is 29.4 Å². The molecule has 2 aromatic rings. The van der Waals surface area contributed by atoms with E-state index in [4.69, 9.17) is 5.41 Å². The van der Waals surface area contributed by atoms with Gasteiger partial charge < -0.3 is 15.7 Å². The maximum Gasteiger partial charge on any atom is 0.251 e. The molecule has 0 saturated carbocycles. The van der Waals surface area contributed by atoms with Gasteiger partial charge in [0.15, 0.2) is 5.96 Å². The van der Waals surface area contributed by atoms with E-state index in [1.165, 1.54) is 17.0 Å². The molecule has 1 fully saturated rings. The minimum absolute atomic E-state index is 0.0221. The third-order valence-corrected chi connectivity index (χ3v) is 6.82. The molecule has 0 spiro atoms. The van der Waals surface area contributed by atoms with Crippen molar-refractivity contribution in [2.24, 2.45) is 5.92 Å². The zero-order valence-electron chi connectivity index (χ0n) is 19.0. The van der Waals surface area contributed by atoms with Crippen LogP contribution in [0.2, 0.25) is 0 Å². The number of aliphatic hydroxyl groups is 1. The lowest BCUT2D eigenvalue weighted by Crippen LogP contribution is -2.62. The summed E-state index contributed by atoms with van der Waals surface area (Å²) < 4.78 is 14.4. The monoisotopic (exact) mass is 452 g/mol. The first kappa shape index (κ1) is 22.9. The second-order valence-electron chi connectivity index (χ2n) is 9.47. The minimum Gasteiger partial charge on any atom is -0.390 e. The first-order chi connectivity index (χ1) is 15.6. The molecule has 8 heteroatoms. The maximum absolute atomic E-state index is 14.4. The number of nitrogens with zero attached hydrogens (tertiary/aromatic N) is 1. The highest BCUT2D eigenvalue weighted by Gasteiger charge is 2.40. The number of rotatable bonds is 5. The number of fused-ring (bicyclic) bond motifs is 1. The molecule has 33 heavy (non-hydrogen) atoms. The molecule has 2 amide bonds. The molecule has 1 aliphatic carbocycles. The van der Waals surface area contributed by atoms with Crippen LogP contribution in [0, 0.1) is 17.1 Å². The second-order valence-corrected chi connectivity index (χ2v) is 9.47. The van der Waals surface area contributed by atoms with Crippen LogP contribution in [0.1, 0.15) is 60.3 Å². The summed E-state index contributed by atoms with van der Waals surface area (Å²) in [4.78, 5) is 26.9. The summed E-state index contributed by atoms with van der Waals surface area (Å²) >= 11 is 0. The molecule has 4 rings (SSSR count). The Morgan fingerprint density at radius 1 is 1.33 bits per heavy atom. The predicted molar refractivity (Wildman–Crippen MR) is 122 cm³/mol. The third-order valence-electron chi connectivity index (χ3n) is 6.82. The van der Waals surface area contributed by atoms with Gasteiger partial charge in [0.1, 0.15) is 5.82 Å². The van der Waals surface area contributed by atoms with Gasteiger partial charge in [-0.1, -0.05) is 38.1 Å². The van der Waals surface area contributed by atoms with Gasteiger partial charge in [-0.3, -0.25) is 19.9 Å². The highest BCUT2D eigenvalue weighted by atomic mass is 19.1. The van der Waals surface area contributed by atoms with Crippen LogP contribution in [0.4, 0.5) is 4.39 Å². The lowest BCUT2D eigenvalue weighted by atomic mass is 9.83. The molecule has 7 nitrogen and oxygen atoms in total. The molecule has 1 saturated heterocycles. The van der Waals surface area contributed by atoms with Gasteiger partial charge in [0.2, 0.25) is 5.91 Å². The molecule has 174 valence electrons. The quantitative estimate of drug-likeness (QED) is 0.560. The van der Waals surface area contributed by atoms with Gasteiger partial charge in [0.05, 0.1) is 25.1 Å². The van der Waals surface area contributed by atoms with E-state index in [1.54, 1.807) is 0 Å². The number of nitrogens with one attached hydrogen (secondary N) is 3. The minimum atomic E-state index is -0.757. The number of guanidine groups is 1. The van der Waals surface area contributed by atoms with Crippen LogP contribution in [0.15, 0.2) is 42.5 Å². The van der Waals surface area contributed by atoms with Gasteiger partial charge >= 0.3 is 0 Å². The Kier molecular flexibility index (Phi) is 5.97. The average molecular weight is 453 g/mol. The smallest absolute Gasteiger partial charge is 0.251 e. The van der Waals surface area contributed by atoms with Crippen molar-refractivity contribution in [3.8, 4) is 0 Å². The van der Waals surface area contributed by atoms with Crippen molar-refractivity contribution in [2.75, 3.05) is 0 Å². The molecule has 3 atom stereocenters. The van der Waals surface area contributed by atoms with Crippen LogP contribution in [0.25, 0.3) is 0 Å². The first-order valence-corrected chi connectivity index (χ1v) is 11.1. The van der Waals surface area contributed by atoms with Crippen molar-refractivity contribution in [2.45, 2.75) is 57.8 Å². The Morgan fingerprint density at radius 2 is 2.06 bits per heavy atom. The molecule has 2 aromatic carbocycles. The van der Waals surface area contributed by atoms with E-state index in [-0.39, 0.29) is 36.3 Å². The highest BCUT2D eigenvalue weighted by molar-refractivity contribution is 5.99. The average Bonchev–Trinajstić information content (AvgIpc) is 3.05. The lowest BCUT2D eigenvalue weighted by Gasteiger charge is -2.43. The molecule has 0 radical (unpaired) electrons. The fourth-order valence-electron chi connectivity index (χ4n) is 4.46. The molecule has 0 unspecified atom stereocenters. The van der Waals surface area contributed by atoms with Gasteiger partial charge in [-0.25, -0.2) is 4.39 Å². The summed E-state index contributed by atoms with van der Waals surface area (Å²) in [6.07, 6.45) is -0.0988. The normalized spacial score (nSPS) is 24.6. The van der Waals surface area contributed by atoms with Gasteiger partial charge in [-0.05, 0) is 47.7 Å². The summed E-state index contributed by atoms with van der Waals surface area (Å²) in [6, 6.07) is 10.8. The van der Waals surface area contributed by atoms with Crippen LogP contribution in [0.3, 0.4) is 0 Å². The Labute approximate surface area is 192 Å². The van der Waals surface area contributed by atoms with E-state index in [2.05, 4.69) is 10.6 Å². The molecular weight excluding hydrogens is 423 g/mol. The van der Waals surface area contributed by atoms with Gasteiger partial charge in [-0.15, -0.1) is 0 Å². The number of aliphatic hydroxyl groups excluding tert-OH is 1. The van der Waals surface area contributed by atoms with Crippen LogP contribution in [-0.4, -0.2) is 39.4 Å². The SMILES string of the molecule is CC(C)[C@]1(C)CC(=O)N(Cc2cc(F)cc(C(=O)N[C@@H]3c4ccccc4C[C@H]3O)c2)C(=N)N1. The van der Waals surface area contributed by atoms with E-state index in [9.17, 15) is 19.1 Å². The second kappa shape index (κ2) is 8.59. The largest absolute Gasteiger partial charge is 0.390 e. The molecule has 0 aromatic heterocycles. The van der Waals surface area contributed by atoms with Crippen LogP contribution in [0.5, 0.6) is 0 Å². The van der Waals surface area contributed by atoms with Crippen molar-refractivity contribution in [3.05, 3.63) is 70.5 Å². The lowest BCUT2D eigenvalue weighted by molar-refractivity contribution is -0.131. The van der Waals surface area contributed by atoms with E-state index in [0.29, 0.717) is 12.0 Å². The number of benzene rings is 2. The van der Waals surface area contributed by atoms with Crippen molar-refractivity contribution in [1.82, 2.24) is 15.5 Å². The maximum atomic E-state index is 14.4. The van der Waals surface area contributed by atoms with Crippen molar-refractivity contribution >= 4 is 17.8 Å². The molecule has 1 aliphatic heterocycles. The third kappa shape index (κ3) is 4.48. The molecule has 4 N–H and O–H groups in total. The first-order valence-electron chi connectivity index (χ1n) is 11.1. The predicted octanol–water partition coefficient (Wildman–Crippen LogP) is 2.89. The zero-order valence-corrected chi connectivity index (χ0v) is 19.0. The standard InChI is InChI=1S/C25H29FN4O3/c1-14(2)25(3)12-21(32)30(24(27)29-25)13-15-8-17(10-18(26)9-15)23(33)28-22-19-7-5-4-6-16(19)11-20(22)31/h4-10,14,20,22,31H,11-13H2,1-3H3,(H2,27,29)(H,28,33)/t20-,22-,25+/m1/s1. The highest BCUT2D eigenvalue weighted by Crippen LogP contribution is 2.32. The van der Waals surface area contributed by atoms with Crippen molar-refractivity contribution in [3.63, 3.8) is 0 Å². The van der Waals surface area contributed by atoms with E-state index in [1.807, 2.05) is 45.0 Å². The number of amides is 2. The Bertz CT molecular complexity index is 1100. The summed E-state index contributed by atoms with van der Waals surface area (Å²) in [7, 11) is 0. The fourth-order valence-corrected chi connectivity index (χ4v) is 4.46. The fraction of sp³-hybridized carbons (Fsp3) is 0.400. The summed E-state index contributed by atoms with van der Waals surface area (Å²) in [6.45, 7) is 5.86. The van der Waals surface area contributed by atoms with Gasteiger partial charge in [0.25, 0.3) is 5.91 Å². The molecule has 1 heterocycles. The van der Waals surface area contributed by atoms with Crippen LogP contribution in [-0.2, 0) is 17.8 Å². The summed E-state index contributed by atoms with van der Waals surface area (Å²) in [5.74, 6) is -1.24. The topological polar surface area (TPSA) is 106 Å². The number of hydrogen-bond donors (Lipinski definition) is 4. The zero-order chi connectivity index (χ0) is 23.9. The number of carbonyl (C=O) groups is 2. The number of hydrogen-bond acceptors (Lipinski definition) is 4. The Morgan fingerprint density at radius 3 is 2.76 bits per heavy atom. The summed E-state index contributed by atoms with van der Waals surface area (Å²) in [5, 5.41) is 24.6. The van der Waals surface area contributed by atoms with Crippen molar-refractivity contribution < 1.29 is 19.1 Å². The van der Waals surface area contributed by atoms with Crippen LogP contribution >= 0.6 is 0 Å². The van der Waals surface area contributed by atoms with Crippen LogP contribution < -0.4 is 10.6 Å². The Hall–Kier alpha value is -3.26.